The van der Waals surface area contributed by atoms with Crippen molar-refractivity contribution in [1.82, 2.24) is 9.13 Å². The van der Waals surface area contributed by atoms with Gasteiger partial charge >= 0.3 is 11.7 Å². The summed E-state index contributed by atoms with van der Waals surface area (Å²) in [4.78, 5) is 34.4. The van der Waals surface area contributed by atoms with Crippen LogP contribution in [0.5, 0.6) is 0 Å². The molecule has 1 atom stereocenters. The zero-order valence-corrected chi connectivity index (χ0v) is 15.4. The quantitative estimate of drug-likeness (QED) is 0.350. The summed E-state index contributed by atoms with van der Waals surface area (Å²) in [6.07, 6.45) is 7.15. The van der Waals surface area contributed by atoms with Crippen molar-refractivity contribution in [2.24, 2.45) is 7.05 Å². The summed E-state index contributed by atoms with van der Waals surface area (Å²) in [7, 11) is 1.64. The molecule has 0 aliphatic carbocycles. The van der Waals surface area contributed by atoms with Crippen LogP contribution in [0.15, 0.2) is 21.9 Å². The Morgan fingerprint density at radius 3 is 2.52 bits per heavy atom. The van der Waals surface area contributed by atoms with Crippen molar-refractivity contribution >= 4 is 21.9 Å². The van der Waals surface area contributed by atoms with E-state index in [1.165, 1.54) is 28.3 Å². The molecule has 0 fully saturated rings. The molecule has 0 bridgehead atoms. The van der Waals surface area contributed by atoms with Crippen molar-refractivity contribution in [2.75, 3.05) is 5.33 Å². The number of carbonyl (C=O) groups is 1. The minimum atomic E-state index is -0.265. The van der Waals surface area contributed by atoms with Gasteiger partial charge in [-0.25, -0.2) is 4.79 Å². The van der Waals surface area contributed by atoms with Gasteiger partial charge in [0, 0.05) is 38.1 Å². The van der Waals surface area contributed by atoms with Gasteiger partial charge in [0.2, 0.25) is 0 Å². The second-order valence-electron chi connectivity index (χ2n) is 5.64. The fourth-order valence-corrected chi connectivity index (χ4v) is 2.85. The summed E-state index contributed by atoms with van der Waals surface area (Å²) in [5, 5.41) is 0.660. The maximum absolute atomic E-state index is 11.8. The third kappa shape index (κ3) is 7.16. The minimum Gasteiger partial charge on any atom is -0.462 e. The first kappa shape index (κ1) is 19.7. The molecule has 0 amide bonds. The van der Waals surface area contributed by atoms with E-state index in [-0.39, 0.29) is 23.3 Å². The van der Waals surface area contributed by atoms with Crippen LogP contribution in [-0.4, -0.2) is 26.5 Å². The maximum atomic E-state index is 11.8. The van der Waals surface area contributed by atoms with Crippen molar-refractivity contribution in [3.63, 3.8) is 0 Å². The average molecular weight is 389 g/mol. The van der Waals surface area contributed by atoms with Crippen molar-refractivity contribution < 1.29 is 9.53 Å². The van der Waals surface area contributed by atoms with E-state index in [0.29, 0.717) is 11.9 Å². The zero-order chi connectivity index (χ0) is 17.2. The highest BCUT2D eigenvalue weighted by molar-refractivity contribution is 9.09. The van der Waals surface area contributed by atoms with Gasteiger partial charge in [-0.15, -0.1) is 0 Å². The molecule has 1 unspecified atom stereocenters. The lowest BCUT2D eigenvalue weighted by Crippen LogP contribution is -2.37. The van der Waals surface area contributed by atoms with Gasteiger partial charge in [-0.05, 0) is 19.3 Å². The lowest BCUT2D eigenvalue weighted by Gasteiger charge is -2.13. The van der Waals surface area contributed by atoms with E-state index in [2.05, 4.69) is 15.9 Å². The van der Waals surface area contributed by atoms with E-state index in [9.17, 15) is 14.4 Å². The number of unbranched alkanes of at least 4 members (excludes halogenated alkanes) is 4. The second kappa shape index (κ2) is 10.4. The molecule has 0 radical (unpaired) electrons. The van der Waals surface area contributed by atoms with Crippen LogP contribution in [-0.2, 0) is 23.1 Å². The van der Waals surface area contributed by atoms with Crippen LogP contribution in [0.3, 0.4) is 0 Å². The second-order valence-corrected chi connectivity index (χ2v) is 6.29. The molecule has 0 saturated heterocycles. The fourth-order valence-electron chi connectivity index (χ4n) is 2.39. The van der Waals surface area contributed by atoms with Crippen molar-refractivity contribution in [3.8, 4) is 0 Å². The van der Waals surface area contributed by atoms with Gasteiger partial charge in [-0.1, -0.05) is 35.2 Å². The number of hydrogen-bond donors (Lipinski definition) is 0. The molecule has 23 heavy (non-hydrogen) atoms. The van der Waals surface area contributed by atoms with Crippen LogP contribution < -0.4 is 11.2 Å². The first-order valence-corrected chi connectivity index (χ1v) is 9.07. The third-order valence-electron chi connectivity index (χ3n) is 3.65. The number of nitrogens with zero attached hydrogens (tertiary/aromatic N) is 2. The van der Waals surface area contributed by atoms with Crippen molar-refractivity contribution in [2.45, 2.75) is 58.1 Å². The summed E-state index contributed by atoms with van der Waals surface area (Å²) < 4.78 is 7.85. The molecule has 1 heterocycles. The SMILES string of the molecule is CC(=O)OC(CBr)CCCCCCCn1c(=O)ccn(C)c1=O. The minimum absolute atomic E-state index is 0.0570. The molecule has 0 aliphatic heterocycles. The monoisotopic (exact) mass is 388 g/mol. The van der Waals surface area contributed by atoms with E-state index in [1.807, 2.05) is 0 Å². The predicted octanol–water partition coefficient (Wildman–Crippen LogP) is 2.21. The molecule has 0 aliphatic rings. The summed E-state index contributed by atoms with van der Waals surface area (Å²) >= 11 is 3.34. The van der Waals surface area contributed by atoms with E-state index in [1.54, 1.807) is 7.05 Å². The molecule has 1 aromatic rings. The Kier molecular flexibility index (Phi) is 8.91. The standard InChI is InChI=1S/C16H25BrN2O4/c1-13(20)23-14(12-17)8-6-4-3-5-7-10-19-15(21)9-11-18(2)16(19)22/h9,11,14H,3-8,10,12H2,1-2H3. The van der Waals surface area contributed by atoms with Gasteiger partial charge in [0.15, 0.2) is 0 Å². The Balaban J connectivity index is 2.22. The lowest BCUT2D eigenvalue weighted by atomic mass is 10.1. The Morgan fingerprint density at radius 1 is 1.22 bits per heavy atom. The number of esters is 1. The molecule has 0 N–H and O–H groups in total. The van der Waals surface area contributed by atoms with Gasteiger partial charge in [-0.2, -0.15) is 0 Å². The molecule has 130 valence electrons. The number of halogens is 1. The number of alkyl halides is 1. The highest BCUT2D eigenvalue weighted by Crippen LogP contribution is 2.11. The lowest BCUT2D eigenvalue weighted by molar-refractivity contribution is -0.145. The Labute approximate surface area is 144 Å². The van der Waals surface area contributed by atoms with Crippen LogP contribution in [0.4, 0.5) is 0 Å². The van der Waals surface area contributed by atoms with E-state index < -0.39 is 0 Å². The predicted molar refractivity (Wildman–Crippen MR) is 93.0 cm³/mol. The van der Waals surface area contributed by atoms with Crippen LogP contribution in [0, 0.1) is 0 Å². The van der Waals surface area contributed by atoms with Crippen molar-refractivity contribution in [3.05, 3.63) is 33.1 Å². The molecule has 7 heteroatoms. The highest BCUT2D eigenvalue weighted by atomic mass is 79.9. The molecule has 1 aromatic heterocycles. The molecule has 0 spiro atoms. The Bertz CT molecular complexity index is 609. The Morgan fingerprint density at radius 2 is 1.87 bits per heavy atom. The van der Waals surface area contributed by atoms with Gasteiger partial charge < -0.3 is 9.30 Å². The van der Waals surface area contributed by atoms with Crippen molar-refractivity contribution in [1.29, 1.82) is 0 Å². The summed E-state index contributed by atoms with van der Waals surface area (Å²) in [6.45, 7) is 1.88. The number of aryl methyl sites for hydroxylation is 1. The van der Waals surface area contributed by atoms with E-state index >= 15 is 0 Å². The zero-order valence-electron chi connectivity index (χ0n) is 13.8. The first-order chi connectivity index (χ1) is 11.0. The number of aromatic nitrogens is 2. The van der Waals surface area contributed by atoms with Gasteiger partial charge in [0.05, 0.1) is 0 Å². The Hall–Kier alpha value is -1.37. The topological polar surface area (TPSA) is 70.3 Å². The van der Waals surface area contributed by atoms with Gasteiger partial charge in [-0.3, -0.25) is 14.2 Å². The summed E-state index contributed by atoms with van der Waals surface area (Å²) in [5.41, 5.74) is -0.506. The van der Waals surface area contributed by atoms with Crippen LogP contribution in [0.2, 0.25) is 0 Å². The highest BCUT2D eigenvalue weighted by Gasteiger charge is 2.09. The largest absolute Gasteiger partial charge is 0.462 e. The number of ether oxygens (including phenoxy) is 1. The van der Waals surface area contributed by atoms with Gasteiger partial charge in [0.25, 0.3) is 5.56 Å². The maximum Gasteiger partial charge on any atom is 0.330 e. The molecule has 0 saturated carbocycles. The van der Waals surface area contributed by atoms with Crippen LogP contribution >= 0.6 is 15.9 Å². The van der Waals surface area contributed by atoms with Crippen LogP contribution in [0.25, 0.3) is 0 Å². The average Bonchev–Trinajstić information content (AvgIpc) is 2.51. The summed E-state index contributed by atoms with van der Waals surface area (Å²) in [5.74, 6) is -0.246. The molecular formula is C16H25BrN2O4. The summed E-state index contributed by atoms with van der Waals surface area (Å²) in [6, 6.07) is 1.41. The normalized spacial score (nSPS) is 12.1. The molecule has 6 nitrogen and oxygen atoms in total. The van der Waals surface area contributed by atoms with Crippen LogP contribution in [0.1, 0.15) is 45.4 Å². The molecular weight excluding hydrogens is 364 g/mol. The number of hydrogen-bond acceptors (Lipinski definition) is 4. The van der Waals surface area contributed by atoms with E-state index in [4.69, 9.17) is 4.74 Å². The number of carbonyl (C=O) groups excluding carboxylic acids is 1. The third-order valence-corrected chi connectivity index (χ3v) is 4.37. The first-order valence-electron chi connectivity index (χ1n) is 7.95. The van der Waals surface area contributed by atoms with Gasteiger partial charge in [0.1, 0.15) is 6.10 Å². The van der Waals surface area contributed by atoms with E-state index in [0.717, 1.165) is 38.5 Å². The fraction of sp³-hybridized carbons (Fsp3) is 0.688. The molecule has 0 aromatic carbocycles. The smallest absolute Gasteiger partial charge is 0.330 e. The molecule has 1 rings (SSSR count). The number of rotatable bonds is 10.